The zero-order chi connectivity index (χ0) is 10.3. The predicted octanol–water partition coefficient (Wildman–Crippen LogP) is 0.746. The minimum atomic E-state index is -2.96. The molecular weight excluding hydrogens is 188 g/mol. The van der Waals surface area contributed by atoms with E-state index in [9.17, 15) is 9.59 Å². The van der Waals surface area contributed by atoms with Gasteiger partial charge in [0, 0.05) is 26.7 Å². The first kappa shape index (κ1) is 12.5. The van der Waals surface area contributed by atoms with Crippen molar-refractivity contribution in [1.82, 2.24) is 0 Å². The first-order chi connectivity index (χ1) is 6.08. The van der Waals surface area contributed by atoms with Crippen LogP contribution in [0.4, 0.5) is 0 Å². The third kappa shape index (κ3) is 4.94. The summed E-state index contributed by atoms with van der Waals surface area (Å²) in [6.45, 7) is 3.35. The van der Waals surface area contributed by atoms with Crippen LogP contribution in [0, 0.1) is 0 Å². The lowest BCUT2D eigenvalue weighted by atomic mass is 10.2. The van der Waals surface area contributed by atoms with Crippen molar-refractivity contribution in [1.29, 1.82) is 0 Å². The standard InChI is InChI=1S/C8H16O4Si/c1-4-8(9)6-5-7-13(10,11-2)12-3/h4,10H,1,5-7H2,2-3H3. The van der Waals surface area contributed by atoms with Crippen LogP contribution in [0.3, 0.4) is 0 Å². The molecule has 0 unspecified atom stereocenters. The van der Waals surface area contributed by atoms with Crippen molar-refractivity contribution in [2.24, 2.45) is 0 Å². The molecule has 0 aromatic rings. The van der Waals surface area contributed by atoms with Gasteiger partial charge in [0.1, 0.15) is 0 Å². The second-order valence-electron chi connectivity index (χ2n) is 2.64. The van der Waals surface area contributed by atoms with Gasteiger partial charge in [-0.05, 0) is 12.5 Å². The summed E-state index contributed by atoms with van der Waals surface area (Å²) < 4.78 is 9.68. The van der Waals surface area contributed by atoms with Crippen molar-refractivity contribution in [3.8, 4) is 0 Å². The van der Waals surface area contributed by atoms with Crippen LogP contribution in [0.1, 0.15) is 12.8 Å². The number of ketones is 1. The Morgan fingerprint density at radius 2 is 2.08 bits per heavy atom. The fraction of sp³-hybridized carbons (Fsp3) is 0.625. The number of hydrogen-bond donors (Lipinski definition) is 1. The van der Waals surface area contributed by atoms with Crippen molar-refractivity contribution >= 4 is 14.6 Å². The van der Waals surface area contributed by atoms with Crippen LogP contribution in [0.5, 0.6) is 0 Å². The van der Waals surface area contributed by atoms with Gasteiger partial charge in [0.25, 0.3) is 0 Å². The summed E-state index contributed by atoms with van der Waals surface area (Å²) in [5.41, 5.74) is 0. The van der Waals surface area contributed by atoms with E-state index < -0.39 is 8.80 Å². The molecule has 0 radical (unpaired) electrons. The lowest BCUT2D eigenvalue weighted by Crippen LogP contribution is -2.40. The number of hydrogen-bond acceptors (Lipinski definition) is 4. The van der Waals surface area contributed by atoms with E-state index in [4.69, 9.17) is 8.85 Å². The summed E-state index contributed by atoms with van der Waals surface area (Å²) in [4.78, 5) is 20.4. The van der Waals surface area contributed by atoms with E-state index in [2.05, 4.69) is 6.58 Å². The monoisotopic (exact) mass is 204 g/mol. The smallest absolute Gasteiger partial charge is 0.390 e. The summed E-state index contributed by atoms with van der Waals surface area (Å²) in [7, 11) is -0.148. The molecule has 0 aromatic heterocycles. The van der Waals surface area contributed by atoms with Gasteiger partial charge in [0.15, 0.2) is 5.78 Å². The number of carbonyl (C=O) groups excluding carboxylic acids is 1. The van der Waals surface area contributed by atoms with E-state index in [1.165, 1.54) is 20.3 Å². The third-order valence-electron chi connectivity index (χ3n) is 1.78. The maximum Gasteiger partial charge on any atom is 0.497 e. The Hall–Kier alpha value is -0.493. The minimum Gasteiger partial charge on any atom is -0.390 e. The van der Waals surface area contributed by atoms with Crippen molar-refractivity contribution in [3.05, 3.63) is 12.7 Å². The third-order valence-corrected chi connectivity index (χ3v) is 4.04. The second-order valence-corrected chi connectivity index (χ2v) is 5.39. The van der Waals surface area contributed by atoms with Gasteiger partial charge in [-0.25, -0.2) is 0 Å². The highest BCUT2D eigenvalue weighted by Gasteiger charge is 2.33. The Morgan fingerprint density at radius 1 is 1.54 bits per heavy atom. The Kier molecular flexibility index (Phi) is 5.81. The van der Waals surface area contributed by atoms with Crippen molar-refractivity contribution < 1.29 is 18.4 Å². The maximum absolute atomic E-state index is 10.8. The molecule has 1 N–H and O–H groups in total. The van der Waals surface area contributed by atoms with Crippen molar-refractivity contribution in [2.45, 2.75) is 18.9 Å². The molecule has 0 bridgehead atoms. The Labute approximate surface area is 79.5 Å². The fourth-order valence-corrected chi connectivity index (χ4v) is 2.07. The Bertz CT molecular complexity index is 177. The van der Waals surface area contributed by atoms with Crippen LogP contribution < -0.4 is 0 Å². The van der Waals surface area contributed by atoms with Gasteiger partial charge in [-0.15, -0.1) is 0 Å². The zero-order valence-electron chi connectivity index (χ0n) is 8.08. The molecule has 5 heteroatoms. The average molecular weight is 204 g/mol. The van der Waals surface area contributed by atoms with Gasteiger partial charge in [-0.1, -0.05) is 6.58 Å². The van der Waals surface area contributed by atoms with E-state index >= 15 is 0 Å². The van der Waals surface area contributed by atoms with Gasteiger partial charge in [-0.3, -0.25) is 4.79 Å². The maximum atomic E-state index is 10.8. The molecule has 76 valence electrons. The second kappa shape index (κ2) is 6.04. The molecule has 0 atom stereocenters. The number of carbonyl (C=O) groups is 1. The zero-order valence-corrected chi connectivity index (χ0v) is 9.08. The minimum absolute atomic E-state index is 0.0245. The number of allylic oxidation sites excluding steroid dienone is 1. The molecule has 0 aliphatic heterocycles. The Morgan fingerprint density at radius 3 is 2.46 bits per heavy atom. The molecular formula is C8H16O4Si. The predicted molar refractivity (Wildman–Crippen MR) is 51.2 cm³/mol. The molecule has 0 aliphatic carbocycles. The summed E-state index contributed by atoms with van der Waals surface area (Å²) >= 11 is 0. The summed E-state index contributed by atoms with van der Waals surface area (Å²) in [6, 6.07) is 0.402. The molecule has 0 saturated heterocycles. The van der Waals surface area contributed by atoms with Crippen LogP contribution in [0.25, 0.3) is 0 Å². The molecule has 0 amide bonds. The first-order valence-corrected chi connectivity index (χ1v) is 6.03. The summed E-state index contributed by atoms with van der Waals surface area (Å²) in [5.74, 6) is -0.0245. The van der Waals surface area contributed by atoms with Crippen LogP contribution in [-0.4, -0.2) is 33.6 Å². The lowest BCUT2D eigenvalue weighted by molar-refractivity contribution is -0.114. The molecule has 4 nitrogen and oxygen atoms in total. The molecule has 0 spiro atoms. The highest BCUT2D eigenvalue weighted by molar-refractivity contribution is 6.59. The largest absolute Gasteiger partial charge is 0.497 e. The fourth-order valence-electron chi connectivity index (χ4n) is 0.876. The van der Waals surface area contributed by atoms with Gasteiger partial charge >= 0.3 is 8.80 Å². The van der Waals surface area contributed by atoms with Crippen LogP contribution in [0.2, 0.25) is 6.04 Å². The molecule has 0 heterocycles. The van der Waals surface area contributed by atoms with E-state index in [1.54, 1.807) is 0 Å². The number of rotatable bonds is 7. The SMILES string of the molecule is C=CC(=O)CCC[Si](O)(OC)OC. The average Bonchev–Trinajstić information content (AvgIpc) is 2.17. The van der Waals surface area contributed by atoms with Crippen molar-refractivity contribution in [2.75, 3.05) is 14.2 Å². The van der Waals surface area contributed by atoms with Crippen LogP contribution in [-0.2, 0) is 13.6 Å². The quantitative estimate of drug-likeness (QED) is 0.491. The molecule has 0 aliphatic rings. The van der Waals surface area contributed by atoms with Gasteiger partial charge in [0.2, 0.25) is 0 Å². The van der Waals surface area contributed by atoms with Crippen LogP contribution >= 0.6 is 0 Å². The van der Waals surface area contributed by atoms with Gasteiger partial charge in [-0.2, -0.15) is 0 Å². The first-order valence-electron chi connectivity index (χ1n) is 4.06. The van der Waals surface area contributed by atoms with E-state index in [0.29, 0.717) is 18.9 Å². The topological polar surface area (TPSA) is 55.8 Å². The summed E-state index contributed by atoms with van der Waals surface area (Å²) in [5, 5.41) is 0. The normalized spacial score (nSPS) is 11.3. The van der Waals surface area contributed by atoms with E-state index in [1.807, 2.05) is 0 Å². The van der Waals surface area contributed by atoms with Gasteiger partial charge in [0.05, 0.1) is 0 Å². The van der Waals surface area contributed by atoms with E-state index in [-0.39, 0.29) is 5.78 Å². The van der Waals surface area contributed by atoms with Gasteiger partial charge < -0.3 is 13.6 Å². The lowest BCUT2D eigenvalue weighted by Gasteiger charge is -2.18. The molecule has 0 saturated carbocycles. The van der Waals surface area contributed by atoms with E-state index in [0.717, 1.165) is 0 Å². The van der Waals surface area contributed by atoms with Crippen molar-refractivity contribution in [3.63, 3.8) is 0 Å². The molecule has 0 rings (SSSR count). The highest BCUT2D eigenvalue weighted by Crippen LogP contribution is 2.12. The van der Waals surface area contributed by atoms with Crippen LogP contribution in [0.15, 0.2) is 12.7 Å². The molecule has 0 aromatic carbocycles. The molecule has 13 heavy (non-hydrogen) atoms. The highest BCUT2D eigenvalue weighted by atomic mass is 28.4. The summed E-state index contributed by atoms with van der Waals surface area (Å²) in [6.07, 6.45) is 2.22. The Balaban J connectivity index is 3.73. The molecule has 0 fully saturated rings.